The summed E-state index contributed by atoms with van der Waals surface area (Å²) in [5.41, 5.74) is 7.89. The van der Waals surface area contributed by atoms with E-state index in [0.29, 0.717) is 16.0 Å². The van der Waals surface area contributed by atoms with Gasteiger partial charge in [0.2, 0.25) is 0 Å². The highest BCUT2D eigenvalue weighted by Gasteiger charge is 2.03. The van der Waals surface area contributed by atoms with Crippen molar-refractivity contribution in [2.45, 2.75) is 0 Å². The molecule has 0 atom stereocenters. The number of rotatable bonds is 1. The molecule has 0 unspecified atom stereocenters. The van der Waals surface area contributed by atoms with E-state index in [-0.39, 0.29) is 5.69 Å². The van der Waals surface area contributed by atoms with Gasteiger partial charge in [0.1, 0.15) is 11.3 Å². The SMILES string of the molecule is [N-]=[N+]=Nc1cc2cc(Cl)ccc2oc1=O. The van der Waals surface area contributed by atoms with E-state index in [1.807, 2.05) is 0 Å². The van der Waals surface area contributed by atoms with Crippen LogP contribution in [0.1, 0.15) is 0 Å². The van der Waals surface area contributed by atoms with Crippen molar-refractivity contribution >= 4 is 28.3 Å². The molecule has 1 heterocycles. The van der Waals surface area contributed by atoms with Crippen LogP contribution in [0.5, 0.6) is 0 Å². The minimum absolute atomic E-state index is 0.0766. The zero-order valence-electron chi connectivity index (χ0n) is 7.35. The highest BCUT2D eigenvalue weighted by atomic mass is 35.5. The van der Waals surface area contributed by atoms with E-state index in [1.54, 1.807) is 18.2 Å². The van der Waals surface area contributed by atoms with Crippen molar-refractivity contribution in [2.24, 2.45) is 5.11 Å². The summed E-state index contributed by atoms with van der Waals surface area (Å²) in [6.07, 6.45) is 0. The average molecular weight is 222 g/mol. The Hall–Kier alpha value is -1.97. The van der Waals surface area contributed by atoms with Crippen molar-refractivity contribution in [2.75, 3.05) is 0 Å². The summed E-state index contributed by atoms with van der Waals surface area (Å²) in [6.45, 7) is 0. The molecule has 0 saturated carbocycles. The van der Waals surface area contributed by atoms with Crippen molar-refractivity contribution in [3.8, 4) is 0 Å². The Kier molecular flexibility index (Phi) is 2.33. The first-order valence-corrected chi connectivity index (χ1v) is 4.37. The van der Waals surface area contributed by atoms with Crippen LogP contribution in [0.25, 0.3) is 21.4 Å². The molecule has 0 fully saturated rings. The van der Waals surface area contributed by atoms with Gasteiger partial charge >= 0.3 is 5.63 Å². The highest BCUT2D eigenvalue weighted by Crippen LogP contribution is 2.21. The Morgan fingerprint density at radius 3 is 2.93 bits per heavy atom. The minimum atomic E-state index is -0.664. The molecule has 0 spiro atoms. The van der Waals surface area contributed by atoms with Crippen LogP contribution >= 0.6 is 11.6 Å². The largest absolute Gasteiger partial charge is 0.422 e. The third-order valence-electron chi connectivity index (χ3n) is 1.83. The molecule has 1 aromatic heterocycles. The lowest BCUT2D eigenvalue weighted by molar-refractivity contribution is 0.562. The summed E-state index contributed by atoms with van der Waals surface area (Å²) < 4.78 is 4.92. The Morgan fingerprint density at radius 1 is 1.40 bits per heavy atom. The van der Waals surface area contributed by atoms with Gasteiger partial charge in [-0.05, 0) is 29.8 Å². The third kappa shape index (κ3) is 1.79. The van der Waals surface area contributed by atoms with Crippen molar-refractivity contribution in [1.82, 2.24) is 0 Å². The Labute approximate surface area is 88.5 Å². The second kappa shape index (κ2) is 3.65. The van der Waals surface area contributed by atoms with Crippen molar-refractivity contribution < 1.29 is 4.42 Å². The first-order chi connectivity index (χ1) is 7.20. The van der Waals surface area contributed by atoms with Gasteiger partial charge in [0.05, 0.1) is 0 Å². The second-order valence-electron chi connectivity index (χ2n) is 2.79. The lowest BCUT2D eigenvalue weighted by Gasteiger charge is -1.97. The average Bonchev–Trinajstić information content (AvgIpc) is 2.20. The summed E-state index contributed by atoms with van der Waals surface area (Å²) in [6, 6.07) is 6.25. The van der Waals surface area contributed by atoms with Crippen molar-refractivity contribution in [3.63, 3.8) is 0 Å². The van der Waals surface area contributed by atoms with Crippen LogP contribution in [0, 0.1) is 0 Å². The maximum atomic E-state index is 11.2. The Balaban J connectivity index is 2.83. The van der Waals surface area contributed by atoms with Crippen molar-refractivity contribution in [1.29, 1.82) is 0 Å². The molecule has 0 amide bonds. The predicted octanol–water partition coefficient (Wildman–Crippen LogP) is 3.39. The molecular weight excluding hydrogens is 218 g/mol. The molecule has 6 heteroatoms. The van der Waals surface area contributed by atoms with Gasteiger partial charge in [-0.15, -0.1) is 0 Å². The van der Waals surface area contributed by atoms with E-state index < -0.39 is 5.63 Å². The fourth-order valence-electron chi connectivity index (χ4n) is 1.20. The summed E-state index contributed by atoms with van der Waals surface area (Å²) >= 11 is 5.76. The van der Waals surface area contributed by atoms with Crippen LogP contribution in [-0.2, 0) is 0 Å². The Morgan fingerprint density at radius 2 is 2.20 bits per heavy atom. The highest BCUT2D eigenvalue weighted by molar-refractivity contribution is 6.31. The van der Waals surface area contributed by atoms with E-state index in [0.717, 1.165) is 0 Å². The maximum absolute atomic E-state index is 11.2. The van der Waals surface area contributed by atoms with Crippen LogP contribution in [0.3, 0.4) is 0 Å². The van der Waals surface area contributed by atoms with E-state index >= 15 is 0 Å². The fraction of sp³-hybridized carbons (Fsp3) is 0. The zero-order valence-corrected chi connectivity index (χ0v) is 8.10. The number of fused-ring (bicyclic) bond motifs is 1. The van der Waals surface area contributed by atoms with Gasteiger partial charge in [-0.25, -0.2) is 4.79 Å². The van der Waals surface area contributed by atoms with Crippen LogP contribution in [-0.4, -0.2) is 0 Å². The summed E-state index contributed by atoms with van der Waals surface area (Å²) in [4.78, 5) is 13.8. The summed E-state index contributed by atoms with van der Waals surface area (Å²) in [5, 5.41) is 4.35. The molecule has 0 bridgehead atoms. The van der Waals surface area contributed by atoms with E-state index in [4.69, 9.17) is 21.5 Å². The van der Waals surface area contributed by atoms with Gasteiger partial charge in [0.25, 0.3) is 0 Å². The van der Waals surface area contributed by atoms with Crippen LogP contribution < -0.4 is 5.63 Å². The molecule has 0 saturated heterocycles. The zero-order chi connectivity index (χ0) is 10.8. The molecule has 0 aliphatic heterocycles. The molecule has 1 aromatic carbocycles. The quantitative estimate of drug-likeness (QED) is 0.320. The molecule has 0 aliphatic carbocycles. The topological polar surface area (TPSA) is 79.0 Å². The number of halogens is 1. The minimum Gasteiger partial charge on any atom is -0.422 e. The van der Waals surface area contributed by atoms with Crippen LogP contribution in [0.2, 0.25) is 5.02 Å². The normalized spacial score (nSPS) is 9.93. The molecule has 0 N–H and O–H groups in total. The Bertz CT molecular complexity index is 629. The van der Waals surface area contributed by atoms with Crippen LogP contribution in [0.4, 0.5) is 5.69 Å². The second-order valence-corrected chi connectivity index (χ2v) is 3.23. The molecule has 15 heavy (non-hydrogen) atoms. The number of azide groups is 1. The smallest absolute Gasteiger partial charge is 0.345 e. The fourth-order valence-corrected chi connectivity index (χ4v) is 1.38. The third-order valence-corrected chi connectivity index (χ3v) is 2.06. The summed E-state index contributed by atoms with van der Waals surface area (Å²) in [7, 11) is 0. The lowest BCUT2D eigenvalue weighted by Crippen LogP contribution is -1.96. The van der Waals surface area contributed by atoms with Gasteiger partial charge in [-0.3, -0.25) is 0 Å². The molecule has 0 radical (unpaired) electrons. The van der Waals surface area contributed by atoms with E-state index in [2.05, 4.69) is 10.0 Å². The maximum Gasteiger partial charge on any atom is 0.345 e. The number of hydrogen-bond acceptors (Lipinski definition) is 3. The van der Waals surface area contributed by atoms with Gasteiger partial charge in [-0.2, -0.15) is 0 Å². The monoisotopic (exact) mass is 221 g/mol. The van der Waals surface area contributed by atoms with E-state index in [9.17, 15) is 4.79 Å². The molecule has 5 nitrogen and oxygen atoms in total. The number of hydrogen-bond donors (Lipinski definition) is 0. The molecule has 74 valence electrons. The van der Waals surface area contributed by atoms with Crippen LogP contribution in [0.15, 0.2) is 38.6 Å². The summed E-state index contributed by atoms with van der Waals surface area (Å²) in [5.74, 6) is 0. The molecule has 0 aliphatic rings. The van der Waals surface area contributed by atoms with Gasteiger partial charge in [0, 0.05) is 15.3 Å². The lowest BCUT2D eigenvalue weighted by atomic mass is 10.2. The predicted molar refractivity (Wildman–Crippen MR) is 56.3 cm³/mol. The number of nitrogens with zero attached hydrogens (tertiary/aromatic N) is 3. The van der Waals surface area contributed by atoms with Gasteiger partial charge < -0.3 is 4.42 Å². The molecule has 2 rings (SSSR count). The standard InChI is InChI=1S/C9H4ClN3O2/c10-6-1-2-8-5(3-6)4-7(12-13-11)9(14)15-8/h1-4H. The van der Waals surface area contributed by atoms with Gasteiger partial charge in [0.15, 0.2) is 0 Å². The van der Waals surface area contributed by atoms with Crippen molar-refractivity contribution in [3.05, 3.63) is 50.2 Å². The molecule has 2 aromatic rings. The number of benzene rings is 1. The first kappa shape index (κ1) is 9.58. The van der Waals surface area contributed by atoms with Gasteiger partial charge in [-0.1, -0.05) is 16.7 Å². The molecular formula is C9H4ClN3O2. The van der Waals surface area contributed by atoms with E-state index in [1.165, 1.54) is 6.07 Å². The first-order valence-electron chi connectivity index (χ1n) is 3.99.